The quantitative estimate of drug-likeness (QED) is 0.274. The molecule has 4 aromatic rings. The lowest BCUT2D eigenvalue weighted by Crippen LogP contribution is -2.23. The summed E-state index contributed by atoms with van der Waals surface area (Å²) in [5.41, 5.74) is 2.82. The van der Waals surface area contributed by atoms with Crippen LogP contribution in [-0.2, 0) is 13.0 Å². The summed E-state index contributed by atoms with van der Waals surface area (Å²) in [6, 6.07) is 23.2. The number of rotatable bonds is 9. The third kappa shape index (κ3) is 5.03. The van der Waals surface area contributed by atoms with Crippen molar-refractivity contribution in [2.45, 2.75) is 39.2 Å². The minimum atomic E-state index is -0.00586. The van der Waals surface area contributed by atoms with Crippen LogP contribution in [-0.4, -0.2) is 16.2 Å². The fourth-order valence-corrected chi connectivity index (χ4v) is 3.99. The number of hydrogen-bond donors (Lipinski definition) is 0. The highest BCUT2D eigenvalue weighted by Crippen LogP contribution is 2.22. The molecule has 4 rings (SSSR count). The second kappa shape index (κ2) is 10.5. The van der Waals surface area contributed by atoms with Crippen molar-refractivity contribution < 1.29 is 4.74 Å². The molecule has 0 fully saturated rings. The zero-order valence-electron chi connectivity index (χ0n) is 18.3. The Morgan fingerprint density at radius 3 is 2.47 bits per heavy atom. The van der Waals surface area contributed by atoms with Crippen molar-refractivity contribution in [3.63, 3.8) is 0 Å². The van der Waals surface area contributed by atoms with Crippen LogP contribution < -0.4 is 10.3 Å². The number of fused-ring (bicyclic) bond motifs is 1. The molecule has 0 radical (unpaired) electrons. The van der Waals surface area contributed by atoms with Crippen molar-refractivity contribution >= 4 is 22.5 Å². The smallest absolute Gasteiger partial charge is 0.261 e. The number of halogens is 1. The number of aromatic nitrogens is 2. The highest BCUT2D eigenvalue weighted by atomic mass is 35.5. The Kier molecular flexibility index (Phi) is 7.23. The SMILES string of the molecule is CCc1ccccc1OCCCCCn1c(-c2ccc(Cl)cc2)nc2ccccc2c1=O. The van der Waals surface area contributed by atoms with E-state index in [0.717, 1.165) is 37.0 Å². The summed E-state index contributed by atoms with van der Waals surface area (Å²) in [5, 5.41) is 1.30. The topological polar surface area (TPSA) is 44.1 Å². The van der Waals surface area contributed by atoms with E-state index < -0.39 is 0 Å². The first-order chi connectivity index (χ1) is 15.7. The van der Waals surface area contributed by atoms with Gasteiger partial charge < -0.3 is 4.74 Å². The van der Waals surface area contributed by atoms with Gasteiger partial charge in [-0.05, 0) is 73.7 Å². The van der Waals surface area contributed by atoms with E-state index in [0.29, 0.717) is 34.9 Å². The van der Waals surface area contributed by atoms with Crippen LogP contribution in [0.15, 0.2) is 77.6 Å². The second-order valence-electron chi connectivity index (χ2n) is 7.79. The van der Waals surface area contributed by atoms with Crippen molar-refractivity contribution in [3.05, 3.63) is 93.7 Å². The highest BCUT2D eigenvalue weighted by molar-refractivity contribution is 6.30. The molecule has 164 valence electrons. The van der Waals surface area contributed by atoms with E-state index >= 15 is 0 Å². The first-order valence-electron chi connectivity index (χ1n) is 11.1. The van der Waals surface area contributed by atoms with Crippen molar-refractivity contribution in [1.29, 1.82) is 0 Å². The first-order valence-corrected chi connectivity index (χ1v) is 11.5. The predicted molar refractivity (Wildman–Crippen MR) is 132 cm³/mol. The normalized spacial score (nSPS) is 11.1. The second-order valence-corrected chi connectivity index (χ2v) is 8.22. The van der Waals surface area contributed by atoms with Crippen LogP contribution in [0.4, 0.5) is 0 Å². The molecule has 0 saturated carbocycles. The van der Waals surface area contributed by atoms with Gasteiger partial charge in [-0.1, -0.05) is 48.9 Å². The van der Waals surface area contributed by atoms with E-state index in [9.17, 15) is 4.79 Å². The van der Waals surface area contributed by atoms with Gasteiger partial charge in [-0.25, -0.2) is 4.98 Å². The molecule has 0 amide bonds. The molecule has 3 aromatic carbocycles. The number of hydrogen-bond acceptors (Lipinski definition) is 3. The molecule has 0 atom stereocenters. The largest absolute Gasteiger partial charge is 0.493 e. The van der Waals surface area contributed by atoms with Crippen molar-refractivity contribution in [1.82, 2.24) is 9.55 Å². The molecule has 0 bridgehead atoms. The van der Waals surface area contributed by atoms with E-state index in [1.807, 2.05) is 66.7 Å². The first kappa shape index (κ1) is 22.1. The highest BCUT2D eigenvalue weighted by Gasteiger charge is 2.12. The van der Waals surface area contributed by atoms with Gasteiger partial charge in [0.25, 0.3) is 5.56 Å². The molecule has 1 aromatic heterocycles. The van der Waals surface area contributed by atoms with Gasteiger partial charge in [0.1, 0.15) is 11.6 Å². The number of para-hydroxylation sites is 2. The lowest BCUT2D eigenvalue weighted by atomic mass is 10.1. The maximum atomic E-state index is 13.2. The van der Waals surface area contributed by atoms with Crippen LogP contribution in [0.2, 0.25) is 5.02 Å². The Hall–Kier alpha value is -3.11. The van der Waals surface area contributed by atoms with E-state index in [-0.39, 0.29) is 5.56 Å². The summed E-state index contributed by atoms with van der Waals surface area (Å²) >= 11 is 6.06. The van der Waals surface area contributed by atoms with E-state index in [4.69, 9.17) is 21.3 Å². The van der Waals surface area contributed by atoms with E-state index in [2.05, 4.69) is 13.0 Å². The fraction of sp³-hybridized carbons (Fsp3) is 0.259. The molecule has 0 aliphatic heterocycles. The average Bonchev–Trinajstić information content (AvgIpc) is 2.83. The van der Waals surface area contributed by atoms with Gasteiger partial charge in [-0.15, -0.1) is 0 Å². The van der Waals surface area contributed by atoms with Crippen molar-refractivity contribution in [2.75, 3.05) is 6.61 Å². The third-order valence-corrected chi connectivity index (χ3v) is 5.85. The van der Waals surface area contributed by atoms with Gasteiger partial charge in [0.15, 0.2) is 0 Å². The molecule has 0 N–H and O–H groups in total. The Balaban J connectivity index is 1.46. The fourth-order valence-electron chi connectivity index (χ4n) is 3.86. The summed E-state index contributed by atoms with van der Waals surface area (Å²) < 4.78 is 7.76. The zero-order valence-corrected chi connectivity index (χ0v) is 19.0. The summed E-state index contributed by atoms with van der Waals surface area (Å²) in [4.78, 5) is 18.0. The Labute approximate surface area is 193 Å². The van der Waals surface area contributed by atoms with Crippen LogP contribution in [0.1, 0.15) is 31.7 Å². The number of benzene rings is 3. The molecular formula is C27H27ClN2O2. The summed E-state index contributed by atoms with van der Waals surface area (Å²) in [6.45, 7) is 3.42. The molecule has 0 spiro atoms. The summed E-state index contributed by atoms with van der Waals surface area (Å²) in [5.74, 6) is 1.65. The van der Waals surface area contributed by atoms with Gasteiger partial charge in [-0.3, -0.25) is 9.36 Å². The van der Waals surface area contributed by atoms with E-state index in [1.54, 1.807) is 4.57 Å². The van der Waals surface area contributed by atoms with Crippen LogP contribution in [0.3, 0.4) is 0 Å². The molecule has 4 nitrogen and oxygen atoms in total. The predicted octanol–water partition coefficient (Wildman–Crippen LogP) is 6.53. The monoisotopic (exact) mass is 446 g/mol. The van der Waals surface area contributed by atoms with Gasteiger partial charge in [0.05, 0.1) is 17.5 Å². The summed E-state index contributed by atoms with van der Waals surface area (Å²) in [7, 11) is 0. The van der Waals surface area contributed by atoms with Crippen LogP contribution in [0.25, 0.3) is 22.3 Å². The van der Waals surface area contributed by atoms with Gasteiger partial charge in [-0.2, -0.15) is 0 Å². The Morgan fingerprint density at radius 1 is 0.906 bits per heavy atom. The molecule has 5 heteroatoms. The van der Waals surface area contributed by atoms with Crippen LogP contribution >= 0.6 is 11.6 Å². The molecule has 32 heavy (non-hydrogen) atoms. The Morgan fingerprint density at radius 2 is 1.66 bits per heavy atom. The number of unbranched alkanes of at least 4 members (excludes halogenated alkanes) is 2. The van der Waals surface area contributed by atoms with Crippen molar-refractivity contribution in [2.24, 2.45) is 0 Å². The minimum absolute atomic E-state index is 0.00586. The molecule has 0 aliphatic carbocycles. The summed E-state index contributed by atoms with van der Waals surface area (Å²) in [6.07, 6.45) is 3.73. The number of nitrogens with zero attached hydrogens (tertiary/aromatic N) is 2. The maximum absolute atomic E-state index is 13.2. The minimum Gasteiger partial charge on any atom is -0.493 e. The Bertz CT molecular complexity index is 1250. The molecule has 0 aliphatic rings. The van der Waals surface area contributed by atoms with Crippen molar-refractivity contribution in [3.8, 4) is 17.1 Å². The lowest BCUT2D eigenvalue weighted by molar-refractivity contribution is 0.301. The molecule has 0 unspecified atom stereocenters. The molecule has 0 saturated heterocycles. The van der Waals surface area contributed by atoms with Gasteiger partial charge >= 0.3 is 0 Å². The lowest BCUT2D eigenvalue weighted by Gasteiger charge is -2.14. The standard InChI is InChI=1S/C27H27ClN2O2/c1-2-20-10-4-7-13-25(20)32-19-9-3-8-18-30-26(21-14-16-22(28)17-15-21)29-24-12-6-5-11-23(24)27(30)31/h4-7,10-17H,2-3,8-9,18-19H2,1H3. The zero-order chi connectivity index (χ0) is 22.3. The van der Waals surface area contributed by atoms with Crippen LogP contribution in [0.5, 0.6) is 5.75 Å². The third-order valence-electron chi connectivity index (χ3n) is 5.60. The average molecular weight is 447 g/mol. The maximum Gasteiger partial charge on any atom is 0.261 e. The van der Waals surface area contributed by atoms with Gasteiger partial charge in [0, 0.05) is 17.1 Å². The van der Waals surface area contributed by atoms with Gasteiger partial charge in [0.2, 0.25) is 0 Å². The van der Waals surface area contributed by atoms with E-state index in [1.165, 1.54) is 5.56 Å². The molecule has 1 heterocycles. The number of ether oxygens (including phenoxy) is 1. The molecular weight excluding hydrogens is 420 g/mol. The number of aryl methyl sites for hydroxylation is 1. The van der Waals surface area contributed by atoms with Crippen LogP contribution in [0, 0.1) is 0 Å².